The zero-order valence-electron chi connectivity index (χ0n) is 23.8. The van der Waals surface area contributed by atoms with E-state index in [0.29, 0.717) is 35.1 Å². The van der Waals surface area contributed by atoms with Crippen LogP contribution in [-0.2, 0) is 24.0 Å². The second-order valence-corrected chi connectivity index (χ2v) is 13.1. The van der Waals surface area contributed by atoms with Crippen LogP contribution in [0, 0.1) is 16.7 Å². The molecule has 206 valence electrons. The van der Waals surface area contributed by atoms with Crippen LogP contribution in [0.3, 0.4) is 0 Å². The fourth-order valence-electron chi connectivity index (χ4n) is 6.06. The molecule has 0 spiro atoms. The number of carbonyl (C=O) groups excluding carboxylic acids is 4. The molecule has 0 aromatic heterocycles. The highest BCUT2D eigenvalue weighted by molar-refractivity contribution is 6.20. The molecule has 2 aliphatic carbocycles. The lowest BCUT2D eigenvalue weighted by Crippen LogP contribution is -2.47. The summed E-state index contributed by atoms with van der Waals surface area (Å²) in [5, 5.41) is 12.7. The van der Waals surface area contributed by atoms with Gasteiger partial charge in [0.1, 0.15) is 23.2 Å². The first-order chi connectivity index (χ1) is 17.6. The Morgan fingerprint density at radius 1 is 0.921 bits per heavy atom. The van der Waals surface area contributed by atoms with Gasteiger partial charge < -0.3 is 5.11 Å². The summed E-state index contributed by atoms with van der Waals surface area (Å²) < 4.78 is 0. The Morgan fingerprint density at radius 3 is 2.03 bits per heavy atom. The van der Waals surface area contributed by atoms with Crippen molar-refractivity contribution in [2.75, 3.05) is 0 Å². The average molecular weight is 524 g/mol. The van der Waals surface area contributed by atoms with E-state index in [0.717, 1.165) is 37.2 Å². The highest BCUT2D eigenvalue weighted by Crippen LogP contribution is 2.47. The quantitative estimate of drug-likeness (QED) is 0.445. The molecule has 1 N–H and O–H groups in total. The number of Topliss-reactive ketones (excluding diaryl/α,β-unsaturated/α-hetero) is 3. The number of fused-ring (bicyclic) bond motifs is 3. The highest BCUT2D eigenvalue weighted by Gasteiger charge is 2.55. The SMILES string of the molecule is CC(=O)C1=C(O)C(=C2C=C(C(C)(C)C)C(=O)C(C(C)(C)C)=C2)[C@H]2[C@H]3C(=O)CCCCCCC[C@@H]3ON2C1=O. The molecule has 2 aliphatic heterocycles. The predicted molar refractivity (Wildman–Crippen MR) is 144 cm³/mol. The van der Waals surface area contributed by atoms with Crippen LogP contribution in [0.25, 0.3) is 0 Å². The van der Waals surface area contributed by atoms with Crippen LogP contribution in [0.5, 0.6) is 0 Å². The molecule has 0 aromatic carbocycles. The number of hydrogen-bond acceptors (Lipinski definition) is 6. The lowest BCUT2D eigenvalue weighted by molar-refractivity contribution is -0.184. The van der Waals surface area contributed by atoms with Crippen molar-refractivity contribution in [3.8, 4) is 0 Å². The molecular weight excluding hydrogens is 482 g/mol. The number of aliphatic hydroxyl groups excluding tert-OH is 1. The maximum Gasteiger partial charge on any atom is 0.285 e. The number of hydrogen-bond donors (Lipinski definition) is 1. The average Bonchev–Trinajstić information content (AvgIpc) is 3.17. The van der Waals surface area contributed by atoms with E-state index in [1.54, 1.807) is 12.2 Å². The summed E-state index contributed by atoms with van der Waals surface area (Å²) >= 11 is 0. The van der Waals surface area contributed by atoms with Gasteiger partial charge >= 0.3 is 0 Å². The van der Waals surface area contributed by atoms with Crippen LogP contribution in [0.2, 0.25) is 0 Å². The van der Waals surface area contributed by atoms with E-state index in [2.05, 4.69) is 0 Å². The molecule has 38 heavy (non-hydrogen) atoms. The van der Waals surface area contributed by atoms with Crippen molar-refractivity contribution < 1.29 is 29.1 Å². The fraction of sp³-hybridized carbons (Fsp3) is 0.613. The Balaban J connectivity index is 2.03. The monoisotopic (exact) mass is 523 g/mol. The summed E-state index contributed by atoms with van der Waals surface area (Å²) in [5.74, 6) is -2.44. The van der Waals surface area contributed by atoms with Gasteiger partial charge in [0.15, 0.2) is 11.6 Å². The Labute approximate surface area is 225 Å². The van der Waals surface area contributed by atoms with Crippen molar-refractivity contribution in [2.24, 2.45) is 16.7 Å². The van der Waals surface area contributed by atoms with Gasteiger partial charge in [0, 0.05) is 23.1 Å². The van der Waals surface area contributed by atoms with Gasteiger partial charge in [-0.3, -0.25) is 24.0 Å². The number of ketones is 3. The topological polar surface area (TPSA) is 101 Å². The summed E-state index contributed by atoms with van der Waals surface area (Å²) in [6, 6.07) is -0.874. The molecule has 0 bridgehead atoms. The smallest absolute Gasteiger partial charge is 0.285 e. The van der Waals surface area contributed by atoms with Crippen LogP contribution in [0.15, 0.2) is 45.8 Å². The third kappa shape index (κ3) is 4.97. The Hall–Kier alpha value is -2.80. The van der Waals surface area contributed by atoms with Crippen molar-refractivity contribution in [1.82, 2.24) is 5.06 Å². The number of aliphatic hydroxyl groups is 1. The fourth-order valence-corrected chi connectivity index (χ4v) is 6.06. The number of carbonyl (C=O) groups is 4. The molecule has 7 nitrogen and oxygen atoms in total. The highest BCUT2D eigenvalue weighted by atomic mass is 16.7. The van der Waals surface area contributed by atoms with Crippen LogP contribution in [-0.4, -0.2) is 45.6 Å². The molecule has 1 saturated carbocycles. The number of allylic oxidation sites excluding steroid dienone is 5. The molecule has 4 rings (SSSR count). The summed E-state index contributed by atoms with van der Waals surface area (Å²) in [6.45, 7) is 13.0. The van der Waals surface area contributed by atoms with Crippen LogP contribution in [0.4, 0.5) is 0 Å². The Bertz CT molecular complexity index is 1160. The second-order valence-electron chi connectivity index (χ2n) is 13.1. The van der Waals surface area contributed by atoms with Gasteiger partial charge in [0.2, 0.25) is 0 Å². The van der Waals surface area contributed by atoms with E-state index in [1.165, 1.54) is 6.92 Å². The maximum atomic E-state index is 13.6. The zero-order chi connectivity index (χ0) is 28.2. The molecule has 1 amide bonds. The molecule has 3 atom stereocenters. The molecule has 1 saturated heterocycles. The van der Waals surface area contributed by atoms with Gasteiger partial charge in [-0.05, 0) is 48.3 Å². The Kier molecular flexibility index (Phi) is 7.47. The summed E-state index contributed by atoms with van der Waals surface area (Å²) in [7, 11) is 0. The molecule has 4 aliphatic rings. The first-order valence-corrected chi connectivity index (χ1v) is 13.9. The molecule has 0 unspecified atom stereocenters. The minimum Gasteiger partial charge on any atom is -0.507 e. The van der Waals surface area contributed by atoms with E-state index in [-0.39, 0.29) is 17.1 Å². The molecule has 7 heteroatoms. The van der Waals surface area contributed by atoms with Crippen molar-refractivity contribution in [3.05, 3.63) is 45.8 Å². The summed E-state index contributed by atoms with van der Waals surface area (Å²) in [4.78, 5) is 59.5. The predicted octanol–water partition coefficient (Wildman–Crippen LogP) is 5.67. The van der Waals surface area contributed by atoms with Gasteiger partial charge in [-0.1, -0.05) is 67.2 Å². The number of nitrogens with zero attached hydrogens (tertiary/aromatic N) is 1. The Morgan fingerprint density at radius 2 is 1.47 bits per heavy atom. The van der Waals surface area contributed by atoms with E-state index in [4.69, 9.17) is 4.84 Å². The van der Waals surface area contributed by atoms with Crippen LogP contribution < -0.4 is 0 Å². The largest absolute Gasteiger partial charge is 0.507 e. The van der Waals surface area contributed by atoms with Gasteiger partial charge in [-0.2, -0.15) is 0 Å². The molecule has 0 aromatic rings. The van der Waals surface area contributed by atoms with Gasteiger partial charge in [-0.25, -0.2) is 5.06 Å². The maximum absolute atomic E-state index is 13.6. The molecular formula is C31H41NO6. The summed E-state index contributed by atoms with van der Waals surface area (Å²) in [5.41, 5.74) is 0.633. The van der Waals surface area contributed by atoms with E-state index in [1.807, 2.05) is 41.5 Å². The zero-order valence-corrected chi connectivity index (χ0v) is 23.8. The van der Waals surface area contributed by atoms with Gasteiger partial charge in [-0.15, -0.1) is 0 Å². The number of hydroxylamine groups is 2. The van der Waals surface area contributed by atoms with Gasteiger partial charge in [0.25, 0.3) is 5.91 Å². The first-order valence-electron chi connectivity index (χ1n) is 13.9. The third-order valence-corrected chi connectivity index (χ3v) is 8.10. The number of amides is 1. The summed E-state index contributed by atoms with van der Waals surface area (Å²) in [6.07, 6.45) is 8.66. The third-order valence-electron chi connectivity index (χ3n) is 8.10. The van der Waals surface area contributed by atoms with Crippen molar-refractivity contribution in [2.45, 2.75) is 106 Å². The molecule has 2 fully saturated rings. The van der Waals surface area contributed by atoms with Crippen molar-refractivity contribution >= 4 is 23.3 Å². The normalized spacial score (nSPS) is 27.7. The van der Waals surface area contributed by atoms with E-state index < -0.39 is 46.3 Å². The van der Waals surface area contributed by atoms with E-state index >= 15 is 0 Å². The molecule has 0 radical (unpaired) electrons. The van der Waals surface area contributed by atoms with Crippen molar-refractivity contribution in [3.63, 3.8) is 0 Å². The lowest BCUT2D eigenvalue weighted by atomic mass is 9.70. The van der Waals surface area contributed by atoms with Crippen LogP contribution in [0.1, 0.15) is 93.4 Å². The second kappa shape index (κ2) is 10.1. The lowest BCUT2D eigenvalue weighted by Gasteiger charge is -2.36. The number of rotatable bonds is 1. The van der Waals surface area contributed by atoms with Crippen molar-refractivity contribution in [1.29, 1.82) is 0 Å². The van der Waals surface area contributed by atoms with Gasteiger partial charge in [0.05, 0.1) is 12.0 Å². The van der Waals surface area contributed by atoms with Crippen LogP contribution >= 0.6 is 0 Å². The molecule has 2 heterocycles. The first kappa shape index (κ1) is 28.2. The standard InChI is InChI=1S/C31H41NO6/c1-17(33)23-28(36)24(18-15-19(30(2,3)4)27(35)20(16-18)31(5,6)7)26-25-21(34)13-11-9-8-10-12-14-22(25)38-32(26)29(23)37/h15-16,22,25-26,36H,8-14H2,1-7H3/t22-,25-,26-/m0/s1. The minimum atomic E-state index is -0.874. The van der Waals surface area contributed by atoms with E-state index in [9.17, 15) is 24.3 Å². The minimum absolute atomic E-state index is 0.00121.